The SMILES string of the molecule is CC(C)N1CC[C@H](NC(C)(C)I)C1. The maximum atomic E-state index is 3.65. The van der Waals surface area contributed by atoms with Gasteiger partial charge in [0.2, 0.25) is 0 Å². The molecule has 1 atom stereocenters. The van der Waals surface area contributed by atoms with Crippen molar-refractivity contribution in [1.29, 1.82) is 0 Å². The van der Waals surface area contributed by atoms with Crippen LogP contribution in [0.15, 0.2) is 0 Å². The van der Waals surface area contributed by atoms with Crippen LogP contribution in [0.2, 0.25) is 0 Å². The monoisotopic (exact) mass is 296 g/mol. The predicted octanol–water partition coefficient (Wildman–Crippen LogP) is 2.23. The van der Waals surface area contributed by atoms with Gasteiger partial charge in [0, 0.05) is 18.6 Å². The van der Waals surface area contributed by atoms with Crippen molar-refractivity contribution in [1.82, 2.24) is 10.2 Å². The van der Waals surface area contributed by atoms with Gasteiger partial charge in [-0.2, -0.15) is 0 Å². The van der Waals surface area contributed by atoms with Gasteiger partial charge in [-0.15, -0.1) is 0 Å². The molecule has 0 radical (unpaired) electrons. The maximum absolute atomic E-state index is 3.65. The molecule has 0 aromatic heterocycles. The molecule has 1 saturated heterocycles. The highest BCUT2D eigenvalue weighted by molar-refractivity contribution is 14.1. The highest BCUT2D eigenvalue weighted by Gasteiger charge is 2.27. The van der Waals surface area contributed by atoms with Crippen LogP contribution in [0.25, 0.3) is 0 Å². The molecule has 0 spiro atoms. The number of rotatable bonds is 3. The number of alkyl halides is 1. The fraction of sp³-hybridized carbons (Fsp3) is 1.00. The van der Waals surface area contributed by atoms with Gasteiger partial charge in [-0.05, 0) is 40.7 Å². The van der Waals surface area contributed by atoms with E-state index in [1.807, 2.05) is 0 Å². The van der Waals surface area contributed by atoms with Crippen LogP contribution >= 0.6 is 22.6 Å². The van der Waals surface area contributed by atoms with Crippen molar-refractivity contribution in [2.45, 2.75) is 49.7 Å². The van der Waals surface area contributed by atoms with Crippen LogP contribution in [0.4, 0.5) is 0 Å². The van der Waals surface area contributed by atoms with Crippen molar-refractivity contribution >= 4 is 22.6 Å². The summed E-state index contributed by atoms with van der Waals surface area (Å²) < 4.78 is 0.232. The molecule has 2 nitrogen and oxygen atoms in total. The maximum Gasteiger partial charge on any atom is 0.0650 e. The van der Waals surface area contributed by atoms with E-state index >= 15 is 0 Å². The summed E-state index contributed by atoms with van der Waals surface area (Å²) in [6.07, 6.45) is 1.30. The van der Waals surface area contributed by atoms with E-state index in [1.54, 1.807) is 0 Å². The lowest BCUT2D eigenvalue weighted by Gasteiger charge is -2.25. The molecule has 1 rings (SSSR count). The van der Waals surface area contributed by atoms with Crippen molar-refractivity contribution in [2.75, 3.05) is 13.1 Å². The quantitative estimate of drug-likeness (QED) is 0.488. The highest BCUT2D eigenvalue weighted by atomic mass is 127. The molecule has 1 fully saturated rings. The topological polar surface area (TPSA) is 15.3 Å². The second-order valence-corrected chi connectivity index (χ2v) is 7.39. The molecule has 0 aromatic carbocycles. The Morgan fingerprint density at radius 3 is 2.46 bits per heavy atom. The van der Waals surface area contributed by atoms with Gasteiger partial charge in [-0.25, -0.2) is 0 Å². The third kappa shape index (κ3) is 4.13. The minimum Gasteiger partial charge on any atom is -0.299 e. The van der Waals surface area contributed by atoms with Gasteiger partial charge in [0.15, 0.2) is 0 Å². The average molecular weight is 296 g/mol. The van der Waals surface area contributed by atoms with E-state index < -0.39 is 0 Å². The average Bonchev–Trinajstić information content (AvgIpc) is 2.31. The van der Waals surface area contributed by atoms with Crippen molar-refractivity contribution in [2.24, 2.45) is 0 Å². The number of likely N-dealkylation sites (tertiary alicyclic amines) is 1. The summed E-state index contributed by atoms with van der Waals surface area (Å²) in [5.41, 5.74) is 0. The second kappa shape index (κ2) is 4.45. The Labute approximate surface area is 95.6 Å². The molecule has 0 aliphatic carbocycles. The molecule has 3 heteroatoms. The number of halogens is 1. The molecule has 1 aliphatic rings. The summed E-state index contributed by atoms with van der Waals surface area (Å²) in [6.45, 7) is 11.5. The van der Waals surface area contributed by atoms with Gasteiger partial charge in [0.25, 0.3) is 0 Å². The summed E-state index contributed by atoms with van der Waals surface area (Å²) in [6, 6.07) is 1.39. The first-order chi connectivity index (χ1) is 5.88. The van der Waals surface area contributed by atoms with Crippen LogP contribution in [-0.4, -0.2) is 33.6 Å². The largest absolute Gasteiger partial charge is 0.299 e. The van der Waals surface area contributed by atoms with Gasteiger partial charge < -0.3 is 0 Å². The van der Waals surface area contributed by atoms with Crippen LogP contribution in [0.3, 0.4) is 0 Å². The van der Waals surface area contributed by atoms with E-state index in [9.17, 15) is 0 Å². The standard InChI is InChI=1S/C10H21IN2/c1-8(2)13-6-5-9(7-13)12-10(3,4)11/h8-9,12H,5-7H2,1-4H3/t9-/m0/s1. The minimum absolute atomic E-state index is 0.232. The lowest BCUT2D eigenvalue weighted by molar-refractivity contribution is 0.266. The number of hydrogen-bond donors (Lipinski definition) is 1. The van der Waals surface area contributed by atoms with Crippen molar-refractivity contribution in [3.63, 3.8) is 0 Å². The normalized spacial score (nSPS) is 25.8. The first-order valence-electron chi connectivity index (χ1n) is 5.09. The Kier molecular flexibility index (Phi) is 4.01. The van der Waals surface area contributed by atoms with Crippen molar-refractivity contribution in [3.05, 3.63) is 0 Å². The van der Waals surface area contributed by atoms with Gasteiger partial charge in [0.05, 0.1) is 3.55 Å². The van der Waals surface area contributed by atoms with E-state index in [1.165, 1.54) is 19.5 Å². The molecule has 78 valence electrons. The Balaban J connectivity index is 2.33. The van der Waals surface area contributed by atoms with Crippen LogP contribution in [-0.2, 0) is 0 Å². The third-order valence-corrected chi connectivity index (χ3v) is 2.81. The fourth-order valence-corrected chi connectivity index (χ4v) is 2.30. The van der Waals surface area contributed by atoms with Gasteiger partial charge in [0.1, 0.15) is 0 Å². The Morgan fingerprint density at radius 1 is 1.46 bits per heavy atom. The van der Waals surface area contributed by atoms with Crippen molar-refractivity contribution < 1.29 is 0 Å². The van der Waals surface area contributed by atoms with E-state index in [-0.39, 0.29) is 3.55 Å². The molecule has 1 N–H and O–H groups in total. The number of nitrogens with zero attached hydrogens (tertiary/aromatic N) is 1. The van der Waals surface area contributed by atoms with E-state index in [2.05, 4.69) is 60.5 Å². The van der Waals surface area contributed by atoms with E-state index in [0.29, 0.717) is 12.1 Å². The van der Waals surface area contributed by atoms with Crippen LogP contribution in [0.5, 0.6) is 0 Å². The number of nitrogens with one attached hydrogen (secondary N) is 1. The first kappa shape index (κ1) is 11.7. The van der Waals surface area contributed by atoms with Gasteiger partial charge >= 0.3 is 0 Å². The van der Waals surface area contributed by atoms with Crippen LogP contribution in [0.1, 0.15) is 34.1 Å². The Morgan fingerprint density at radius 2 is 2.08 bits per heavy atom. The molecule has 0 bridgehead atoms. The zero-order valence-corrected chi connectivity index (χ0v) is 11.3. The zero-order chi connectivity index (χ0) is 10.1. The van der Waals surface area contributed by atoms with Crippen LogP contribution in [0, 0.1) is 0 Å². The Bertz CT molecular complexity index is 163. The lowest BCUT2D eigenvalue weighted by Crippen LogP contribution is -2.43. The third-order valence-electron chi connectivity index (χ3n) is 2.50. The number of hydrogen-bond acceptors (Lipinski definition) is 2. The van der Waals surface area contributed by atoms with Gasteiger partial charge in [-0.1, -0.05) is 22.6 Å². The fourth-order valence-electron chi connectivity index (χ4n) is 1.86. The molecule has 1 aliphatic heterocycles. The first-order valence-corrected chi connectivity index (χ1v) is 6.17. The molecule has 0 amide bonds. The molecule has 1 heterocycles. The molecule has 0 aromatic rings. The molecule has 13 heavy (non-hydrogen) atoms. The smallest absolute Gasteiger partial charge is 0.0650 e. The van der Waals surface area contributed by atoms with Gasteiger partial charge in [-0.3, -0.25) is 10.2 Å². The molecule has 0 unspecified atom stereocenters. The molecular weight excluding hydrogens is 275 g/mol. The summed E-state index contributed by atoms with van der Waals surface area (Å²) in [5, 5.41) is 3.65. The molecule has 0 saturated carbocycles. The lowest BCUT2D eigenvalue weighted by atomic mass is 10.2. The van der Waals surface area contributed by atoms with Crippen LogP contribution < -0.4 is 5.32 Å². The van der Waals surface area contributed by atoms with E-state index in [4.69, 9.17) is 0 Å². The van der Waals surface area contributed by atoms with Crippen molar-refractivity contribution in [3.8, 4) is 0 Å². The minimum atomic E-state index is 0.232. The zero-order valence-electron chi connectivity index (χ0n) is 9.10. The summed E-state index contributed by atoms with van der Waals surface area (Å²) in [5.74, 6) is 0. The Hall–Kier alpha value is 0.650. The molecular formula is C10H21IN2. The summed E-state index contributed by atoms with van der Waals surface area (Å²) in [7, 11) is 0. The summed E-state index contributed by atoms with van der Waals surface area (Å²) >= 11 is 2.46. The second-order valence-electron chi connectivity index (χ2n) is 4.69. The highest BCUT2D eigenvalue weighted by Crippen LogP contribution is 2.18. The van der Waals surface area contributed by atoms with E-state index in [0.717, 1.165) is 0 Å². The summed E-state index contributed by atoms with van der Waals surface area (Å²) in [4.78, 5) is 2.54. The predicted molar refractivity (Wildman–Crippen MR) is 66.3 cm³/mol.